The molecule has 0 saturated carbocycles. The second kappa shape index (κ2) is 4.97. The first-order valence-electron chi connectivity index (χ1n) is 5.91. The van der Waals surface area contributed by atoms with Gasteiger partial charge in [-0.2, -0.15) is 4.39 Å². The van der Waals surface area contributed by atoms with Gasteiger partial charge >= 0.3 is 0 Å². The number of hydrogen-bond acceptors (Lipinski definition) is 4. The standard InChI is InChI=1S/C14H10FN3OS/c15-12-4-2-9(7-17-12)8-1-3-10-11(5-8)20-14(18-10)6-13(16)19/h1-5,7H,6H2,(H2,16,19). The largest absolute Gasteiger partial charge is 0.369 e. The summed E-state index contributed by atoms with van der Waals surface area (Å²) in [6.07, 6.45) is 1.63. The van der Waals surface area contributed by atoms with Gasteiger partial charge in [0.05, 0.1) is 16.6 Å². The van der Waals surface area contributed by atoms with E-state index in [4.69, 9.17) is 5.73 Å². The van der Waals surface area contributed by atoms with E-state index in [1.54, 1.807) is 6.07 Å². The fraction of sp³-hybridized carbons (Fsp3) is 0.0714. The molecule has 4 nitrogen and oxygen atoms in total. The van der Waals surface area contributed by atoms with Crippen molar-refractivity contribution in [2.75, 3.05) is 0 Å². The molecular formula is C14H10FN3OS. The molecule has 0 bridgehead atoms. The van der Waals surface area contributed by atoms with Crippen molar-refractivity contribution in [3.63, 3.8) is 0 Å². The lowest BCUT2D eigenvalue weighted by Gasteiger charge is -2.00. The van der Waals surface area contributed by atoms with Gasteiger partial charge in [-0.3, -0.25) is 4.79 Å². The van der Waals surface area contributed by atoms with Crippen molar-refractivity contribution in [2.24, 2.45) is 5.73 Å². The van der Waals surface area contributed by atoms with Crippen LogP contribution < -0.4 is 5.73 Å². The van der Waals surface area contributed by atoms with Crippen molar-refractivity contribution in [1.82, 2.24) is 9.97 Å². The zero-order valence-electron chi connectivity index (χ0n) is 10.3. The number of amides is 1. The van der Waals surface area contributed by atoms with Crippen LogP contribution in [-0.4, -0.2) is 15.9 Å². The first kappa shape index (κ1) is 12.7. The highest BCUT2D eigenvalue weighted by atomic mass is 32.1. The number of halogens is 1. The number of rotatable bonds is 3. The minimum absolute atomic E-state index is 0.146. The molecule has 0 unspecified atom stereocenters. The Morgan fingerprint density at radius 1 is 1.25 bits per heavy atom. The molecule has 3 rings (SSSR count). The Labute approximate surface area is 118 Å². The quantitative estimate of drug-likeness (QED) is 0.753. The summed E-state index contributed by atoms with van der Waals surface area (Å²) in [6.45, 7) is 0. The average molecular weight is 287 g/mol. The van der Waals surface area contributed by atoms with E-state index in [-0.39, 0.29) is 6.42 Å². The van der Waals surface area contributed by atoms with E-state index in [1.807, 2.05) is 18.2 Å². The minimum atomic E-state index is -0.503. The van der Waals surface area contributed by atoms with Gasteiger partial charge in [0.2, 0.25) is 11.9 Å². The Hall–Kier alpha value is -2.34. The summed E-state index contributed by atoms with van der Waals surface area (Å²) < 4.78 is 13.8. The van der Waals surface area contributed by atoms with Crippen molar-refractivity contribution in [3.05, 3.63) is 47.5 Å². The Morgan fingerprint density at radius 3 is 2.75 bits per heavy atom. The molecule has 0 aliphatic heterocycles. The highest BCUT2D eigenvalue weighted by molar-refractivity contribution is 7.18. The minimum Gasteiger partial charge on any atom is -0.369 e. The molecule has 2 heterocycles. The van der Waals surface area contributed by atoms with E-state index in [9.17, 15) is 9.18 Å². The molecule has 0 radical (unpaired) electrons. The molecule has 0 atom stereocenters. The lowest BCUT2D eigenvalue weighted by atomic mass is 10.1. The molecular weight excluding hydrogens is 277 g/mol. The SMILES string of the molecule is NC(=O)Cc1nc2ccc(-c3ccc(F)nc3)cc2s1. The molecule has 0 aliphatic rings. The zero-order chi connectivity index (χ0) is 14.1. The molecule has 3 aromatic rings. The van der Waals surface area contributed by atoms with Crippen LogP contribution in [0.1, 0.15) is 5.01 Å². The second-order valence-corrected chi connectivity index (χ2v) is 5.42. The monoisotopic (exact) mass is 287 g/mol. The Bertz CT molecular complexity index is 783. The van der Waals surface area contributed by atoms with E-state index in [2.05, 4.69) is 9.97 Å². The first-order valence-corrected chi connectivity index (χ1v) is 6.73. The van der Waals surface area contributed by atoms with Gasteiger partial charge in [0.15, 0.2) is 0 Å². The van der Waals surface area contributed by atoms with Crippen molar-refractivity contribution >= 4 is 27.5 Å². The van der Waals surface area contributed by atoms with E-state index in [0.29, 0.717) is 5.01 Å². The third kappa shape index (κ3) is 2.50. The topological polar surface area (TPSA) is 68.9 Å². The number of carbonyl (C=O) groups is 1. The van der Waals surface area contributed by atoms with Gasteiger partial charge in [0.25, 0.3) is 0 Å². The van der Waals surface area contributed by atoms with Crippen LogP contribution in [0.2, 0.25) is 0 Å². The summed E-state index contributed by atoms with van der Waals surface area (Å²) in [4.78, 5) is 18.9. The van der Waals surface area contributed by atoms with Crippen LogP contribution in [0.5, 0.6) is 0 Å². The Kier molecular flexibility index (Phi) is 3.15. The van der Waals surface area contributed by atoms with Gasteiger partial charge in [-0.25, -0.2) is 9.97 Å². The summed E-state index contributed by atoms with van der Waals surface area (Å²) in [6, 6.07) is 8.71. The van der Waals surface area contributed by atoms with Crippen LogP contribution in [-0.2, 0) is 11.2 Å². The molecule has 0 fully saturated rings. The number of nitrogens with zero attached hydrogens (tertiary/aromatic N) is 2. The maximum Gasteiger partial charge on any atom is 0.224 e. The van der Waals surface area contributed by atoms with E-state index >= 15 is 0 Å². The van der Waals surface area contributed by atoms with Crippen LogP contribution >= 0.6 is 11.3 Å². The summed E-state index contributed by atoms with van der Waals surface area (Å²) in [5, 5.41) is 0.696. The number of nitrogens with two attached hydrogens (primary N) is 1. The fourth-order valence-electron chi connectivity index (χ4n) is 1.92. The predicted molar refractivity (Wildman–Crippen MR) is 75.7 cm³/mol. The number of primary amides is 1. The van der Waals surface area contributed by atoms with E-state index in [1.165, 1.54) is 23.6 Å². The molecule has 0 spiro atoms. The molecule has 1 aromatic carbocycles. The van der Waals surface area contributed by atoms with Gasteiger partial charge in [0.1, 0.15) is 5.01 Å². The maximum atomic E-state index is 12.8. The van der Waals surface area contributed by atoms with Crippen molar-refractivity contribution in [2.45, 2.75) is 6.42 Å². The van der Waals surface area contributed by atoms with Crippen LogP contribution in [0.4, 0.5) is 4.39 Å². The predicted octanol–water partition coefficient (Wildman–Crippen LogP) is 2.53. The van der Waals surface area contributed by atoms with Crippen molar-refractivity contribution in [3.8, 4) is 11.1 Å². The highest BCUT2D eigenvalue weighted by Crippen LogP contribution is 2.28. The van der Waals surface area contributed by atoms with Crippen LogP contribution in [0.3, 0.4) is 0 Å². The Morgan fingerprint density at radius 2 is 2.05 bits per heavy atom. The number of thiazole rings is 1. The molecule has 2 aromatic heterocycles. The summed E-state index contributed by atoms with van der Waals surface area (Å²) >= 11 is 1.43. The summed E-state index contributed by atoms with van der Waals surface area (Å²) in [5.74, 6) is -0.900. The second-order valence-electron chi connectivity index (χ2n) is 4.30. The average Bonchev–Trinajstić information content (AvgIpc) is 2.79. The number of fused-ring (bicyclic) bond motifs is 1. The van der Waals surface area contributed by atoms with E-state index in [0.717, 1.165) is 21.3 Å². The molecule has 2 N–H and O–H groups in total. The third-order valence-electron chi connectivity index (χ3n) is 2.82. The number of hydrogen-bond donors (Lipinski definition) is 1. The van der Waals surface area contributed by atoms with Crippen molar-refractivity contribution < 1.29 is 9.18 Å². The lowest BCUT2D eigenvalue weighted by molar-refractivity contribution is -0.117. The van der Waals surface area contributed by atoms with Crippen LogP contribution in [0, 0.1) is 5.95 Å². The van der Waals surface area contributed by atoms with Gasteiger partial charge in [-0.15, -0.1) is 11.3 Å². The summed E-state index contributed by atoms with van der Waals surface area (Å²) in [7, 11) is 0. The van der Waals surface area contributed by atoms with Gasteiger partial charge in [0, 0.05) is 11.8 Å². The number of benzene rings is 1. The van der Waals surface area contributed by atoms with E-state index < -0.39 is 11.9 Å². The summed E-state index contributed by atoms with van der Waals surface area (Å²) in [5.41, 5.74) is 7.75. The molecule has 0 aliphatic carbocycles. The van der Waals surface area contributed by atoms with Gasteiger partial charge in [-0.1, -0.05) is 6.07 Å². The first-order chi connectivity index (χ1) is 9.61. The number of aromatic nitrogens is 2. The normalized spacial score (nSPS) is 10.8. The van der Waals surface area contributed by atoms with Gasteiger partial charge in [-0.05, 0) is 29.8 Å². The Balaban J connectivity index is 2.01. The number of pyridine rings is 1. The number of carbonyl (C=O) groups excluding carboxylic acids is 1. The molecule has 6 heteroatoms. The zero-order valence-corrected chi connectivity index (χ0v) is 11.2. The molecule has 1 amide bonds. The molecule has 100 valence electrons. The van der Waals surface area contributed by atoms with Crippen molar-refractivity contribution in [1.29, 1.82) is 0 Å². The van der Waals surface area contributed by atoms with Crippen LogP contribution in [0.25, 0.3) is 21.3 Å². The van der Waals surface area contributed by atoms with Gasteiger partial charge < -0.3 is 5.73 Å². The van der Waals surface area contributed by atoms with Crippen LogP contribution in [0.15, 0.2) is 36.5 Å². The highest BCUT2D eigenvalue weighted by Gasteiger charge is 2.08. The third-order valence-corrected chi connectivity index (χ3v) is 3.84. The lowest BCUT2D eigenvalue weighted by Crippen LogP contribution is -2.13. The molecule has 20 heavy (non-hydrogen) atoms. The smallest absolute Gasteiger partial charge is 0.224 e. The fourth-order valence-corrected chi connectivity index (χ4v) is 2.94. The maximum absolute atomic E-state index is 12.8. The molecule has 0 saturated heterocycles.